The van der Waals surface area contributed by atoms with Crippen LogP contribution in [0.1, 0.15) is 11.5 Å². The zero-order valence-corrected chi connectivity index (χ0v) is 18.9. The summed E-state index contributed by atoms with van der Waals surface area (Å²) in [6.07, 6.45) is 0. The molecule has 166 valence electrons. The summed E-state index contributed by atoms with van der Waals surface area (Å²) in [6, 6.07) is 24.9. The van der Waals surface area contributed by atoms with Crippen molar-refractivity contribution in [1.29, 1.82) is 0 Å². The Bertz CT molecular complexity index is 1690. The SMILES string of the molecule is Cc1ccc(-n2c(=O)c3ccccc3n3c(SCc4nnc(-c5ccccc5)o4)nnc23)cc1. The molecule has 0 fully saturated rings. The molecule has 0 saturated heterocycles. The summed E-state index contributed by atoms with van der Waals surface area (Å²) < 4.78 is 9.33. The Morgan fingerprint density at radius 2 is 1.62 bits per heavy atom. The molecule has 0 bridgehead atoms. The molecule has 8 nitrogen and oxygen atoms in total. The third-order valence-electron chi connectivity index (χ3n) is 5.50. The summed E-state index contributed by atoms with van der Waals surface area (Å²) in [5.41, 5.74) is 3.32. The standard InChI is InChI=1S/C25H18N6O2S/c1-16-11-13-18(14-12-16)30-23(32)19-9-5-6-10-20(19)31-24(30)28-29-25(31)34-15-21-26-27-22(33-21)17-7-3-2-4-8-17/h2-14H,15H2,1H3. The van der Waals surface area contributed by atoms with Crippen LogP contribution in [0.4, 0.5) is 0 Å². The van der Waals surface area contributed by atoms with Gasteiger partial charge in [-0.15, -0.1) is 20.4 Å². The van der Waals surface area contributed by atoms with E-state index in [-0.39, 0.29) is 5.56 Å². The van der Waals surface area contributed by atoms with E-state index < -0.39 is 0 Å². The highest BCUT2D eigenvalue weighted by Gasteiger charge is 2.19. The Morgan fingerprint density at radius 1 is 0.853 bits per heavy atom. The zero-order chi connectivity index (χ0) is 23.1. The highest BCUT2D eigenvalue weighted by atomic mass is 32.2. The van der Waals surface area contributed by atoms with Crippen molar-refractivity contribution in [3.8, 4) is 17.1 Å². The van der Waals surface area contributed by atoms with Gasteiger partial charge in [-0.25, -0.2) is 4.57 Å². The molecule has 0 amide bonds. The number of fused-ring (bicyclic) bond motifs is 3. The smallest absolute Gasteiger partial charge is 0.267 e. The first-order chi connectivity index (χ1) is 16.7. The number of thioether (sulfide) groups is 1. The third-order valence-corrected chi connectivity index (χ3v) is 6.41. The van der Waals surface area contributed by atoms with Crippen LogP contribution in [0.25, 0.3) is 33.8 Å². The van der Waals surface area contributed by atoms with Crippen LogP contribution in [0, 0.1) is 6.92 Å². The van der Waals surface area contributed by atoms with Gasteiger partial charge in [-0.3, -0.25) is 9.20 Å². The van der Waals surface area contributed by atoms with Gasteiger partial charge in [0.1, 0.15) is 0 Å². The van der Waals surface area contributed by atoms with Crippen LogP contribution in [-0.2, 0) is 5.75 Å². The van der Waals surface area contributed by atoms with E-state index in [1.54, 1.807) is 4.57 Å². The van der Waals surface area contributed by atoms with Crippen LogP contribution >= 0.6 is 11.8 Å². The van der Waals surface area contributed by atoms with Gasteiger partial charge >= 0.3 is 0 Å². The van der Waals surface area contributed by atoms with Crippen molar-refractivity contribution in [3.05, 3.63) is 101 Å². The molecule has 3 aromatic carbocycles. The van der Waals surface area contributed by atoms with Gasteiger partial charge in [0.25, 0.3) is 5.56 Å². The Kier molecular flexibility index (Phi) is 4.96. The molecule has 34 heavy (non-hydrogen) atoms. The van der Waals surface area contributed by atoms with Crippen molar-refractivity contribution in [2.45, 2.75) is 17.8 Å². The van der Waals surface area contributed by atoms with E-state index in [0.29, 0.717) is 33.9 Å². The second kappa shape index (κ2) is 8.27. The molecule has 0 saturated carbocycles. The lowest BCUT2D eigenvalue weighted by Gasteiger charge is -2.11. The van der Waals surface area contributed by atoms with Gasteiger partial charge in [0, 0.05) is 5.56 Å². The minimum Gasteiger partial charge on any atom is -0.420 e. The molecule has 0 spiro atoms. The highest BCUT2D eigenvalue weighted by molar-refractivity contribution is 7.98. The van der Waals surface area contributed by atoms with Gasteiger partial charge in [-0.2, -0.15) is 0 Å². The maximum atomic E-state index is 13.4. The quantitative estimate of drug-likeness (QED) is 0.341. The molecule has 3 heterocycles. The topological polar surface area (TPSA) is 91.1 Å². The van der Waals surface area contributed by atoms with Gasteiger partial charge in [-0.1, -0.05) is 59.8 Å². The fourth-order valence-electron chi connectivity index (χ4n) is 3.83. The average molecular weight is 467 g/mol. The van der Waals surface area contributed by atoms with E-state index in [2.05, 4.69) is 20.4 Å². The lowest BCUT2D eigenvalue weighted by molar-refractivity contribution is 0.528. The van der Waals surface area contributed by atoms with E-state index in [1.165, 1.54) is 11.8 Å². The molecule has 6 aromatic rings. The summed E-state index contributed by atoms with van der Waals surface area (Å²) in [5, 5.41) is 18.3. The van der Waals surface area contributed by atoms with Crippen LogP contribution in [0.2, 0.25) is 0 Å². The van der Waals surface area contributed by atoms with Crippen molar-refractivity contribution < 1.29 is 4.42 Å². The number of rotatable bonds is 5. The zero-order valence-electron chi connectivity index (χ0n) is 18.1. The average Bonchev–Trinajstić information content (AvgIpc) is 3.52. The van der Waals surface area contributed by atoms with Crippen molar-refractivity contribution in [2.24, 2.45) is 0 Å². The third kappa shape index (κ3) is 3.46. The predicted octanol–water partition coefficient (Wildman–Crippen LogP) is 4.68. The highest BCUT2D eigenvalue weighted by Crippen LogP contribution is 2.26. The number of para-hydroxylation sites is 1. The minimum atomic E-state index is -0.139. The molecule has 0 unspecified atom stereocenters. The number of aryl methyl sites for hydroxylation is 1. The van der Waals surface area contributed by atoms with E-state index in [4.69, 9.17) is 4.42 Å². The summed E-state index contributed by atoms with van der Waals surface area (Å²) in [7, 11) is 0. The number of nitrogens with zero attached hydrogens (tertiary/aromatic N) is 6. The normalized spacial score (nSPS) is 11.4. The van der Waals surface area contributed by atoms with Crippen molar-refractivity contribution in [2.75, 3.05) is 0 Å². The van der Waals surface area contributed by atoms with Crippen molar-refractivity contribution >= 4 is 28.4 Å². The monoisotopic (exact) mass is 466 g/mol. The van der Waals surface area contributed by atoms with E-state index >= 15 is 0 Å². The number of aromatic nitrogens is 6. The van der Waals surface area contributed by atoms with Crippen LogP contribution in [-0.4, -0.2) is 29.4 Å². The Balaban J connectivity index is 1.43. The molecule has 0 radical (unpaired) electrons. The molecule has 0 aliphatic carbocycles. The number of hydrogen-bond acceptors (Lipinski definition) is 7. The first-order valence-electron chi connectivity index (χ1n) is 10.7. The first-order valence-corrected chi connectivity index (χ1v) is 11.6. The predicted molar refractivity (Wildman–Crippen MR) is 130 cm³/mol. The fourth-order valence-corrected chi connectivity index (χ4v) is 4.61. The first kappa shape index (κ1) is 20.4. The molecular formula is C25H18N6O2S. The molecule has 9 heteroatoms. The molecule has 0 aliphatic rings. The van der Waals surface area contributed by atoms with E-state index in [9.17, 15) is 4.79 Å². The fraction of sp³-hybridized carbons (Fsp3) is 0.0800. The number of hydrogen-bond donors (Lipinski definition) is 0. The minimum absolute atomic E-state index is 0.139. The van der Waals surface area contributed by atoms with Crippen LogP contribution in [0.5, 0.6) is 0 Å². The second-order valence-electron chi connectivity index (χ2n) is 7.77. The molecule has 0 aliphatic heterocycles. The second-order valence-corrected chi connectivity index (χ2v) is 8.71. The lowest BCUT2D eigenvalue weighted by Crippen LogP contribution is -2.21. The van der Waals surface area contributed by atoms with Gasteiger partial charge < -0.3 is 4.42 Å². The molecule has 3 aromatic heterocycles. The van der Waals surface area contributed by atoms with Crippen LogP contribution in [0.15, 0.2) is 93.2 Å². The Morgan fingerprint density at radius 3 is 2.44 bits per heavy atom. The summed E-state index contributed by atoms with van der Waals surface area (Å²) in [4.78, 5) is 13.4. The van der Waals surface area contributed by atoms with Crippen molar-refractivity contribution in [3.63, 3.8) is 0 Å². The Hall–Kier alpha value is -4.24. The molecule has 6 rings (SSSR count). The van der Waals surface area contributed by atoms with E-state index in [1.807, 2.05) is 90.2 Å². The number of benzene rings is 3. The molecular weight excluding hydrogens is 448 g/mol. The lowest BCUT2D eigenvalue weighted by atomic mass is 10.2. The summed E-state index contributed by atoms with van der Waals surface area (Å²) in [6.45, 7) is 2.01. The van der Waals surface area contributed by atoms with Gasteiger partial charge in [0.2, 0.25) is 17.6 Å². The largest absolute Gasteiger partial charge is 0.420 e. The van der Waals surface area contributed by atoms with Gasteiger partial charge in [-0.05, 0) is 43.3 Å². The summed E-state index contributed by atoms with van der Waals surface area (Å²) >= 11 is 1.42. The van der Waals surface area contributed by atoms with Crippen LogP contribution < -0.4 is 5.56 Å². The Labute approximate surface area is 197 Å². The molecule has 0 N–H and O–H groups in total. The maximum Gasteiger partial charge on any atom is 0.267 e. The van der Waals surface area contributed by atoms with E-state index in [0.717, 1.165) is 22.3 Å². The van der Waals surface area contributed by atoms with Gasteiger partial charge in [0.15, 0.2) is 5.16 Å². The maximum absolute atomic E-state index is 13.4. The van der Waals surface area contributed by atoms with Crippen molar-refractivity contribution in [1.82, 2.24) is 29.4 Å². The molecule has 0 atom stereocenters. The van der Waals surface area contributed by atoms with Crippen LogP contribution in [0.3, 0.4) is 0 Å². The van der Waals surface area contributed by atoms with Gasteiger partial charge in [0.05, 0.1) is 22.3 Å². The summed E-state index contributed by atoms with van der Waals surface area (Å²) in [5.74, 6) is 1.82.